The summed E-state index contributed by atoms with van der Waals surface area (Å²) in [6, 6.07) is 3.66. The summed E-state index contributed by atoms with van der Waals surface area (Å²) < 4.78 is 140. The van der Waals surface area contributed by atoms with Gasteiger partial charge < -0.3 is 4.18 Å². The zero-order chi connectivity index (χ0) is 19.9. The van der Waals surface area contributed by atoms with Crippen molar-refractivity contribution in [3.8, 4) is 5.75 Å². The predicted octanol–water partition coefficient (Wildman–Crippen LogP) is 4.54. The minimum atomic E-state index is -7.33. The fraction of sp³-hybridized carbons (Fsp3) is 0.455. The fourth-order valence-corrected chi connectivity index (χ4v) is 2.65. The van der Waals surface area contributed by atoms with Crippen LogP contribution in [-0.2, 0) is 10.1 Å². The van der Waals surface area contributed by atoms with E-state index in [-0.39, 0.29) is 0 Å². The first-order valence-electron chi connectivity index (χ1n) is 5.79. The molecular weight excluding hydrogens is 415 g/mol. The summed E-state index contributed by atoms with van der Waals surface area (Å²) in [6.07, 6.45) is -5.56. The molecule has 0 fully saturated rings. The average Bonchev–Trinajstić information content (AvgIpc) is 2.45. The summed E-state index contributed by atoms with van der Waals surface area (Å²) in [5.41, 5.74) is 0. The van der Waals surface area contributed by atoms with Crippen molar-refractivity contribution in [3.05, 3.63) is 24.3 Å². The second-order valence-electron chi connectivity index (χ2n) is 4.38. The minimum absolute atomic E-state index is 0.463. The largest absolute Gasteiger partial charge is 0.460 e. The molecule has 0 aliphatic carbocycles. The monoisotopic (exact) mass is 422 g/mol. The summed E-state index contributed by atoms with van der Waals surface area (Å²) in [6.45, 7) is 0. The van der Waals surface area contributed by atoms with Crippen LogP contribution in [0.15, 0.2) is 29.2 Å². The van der Waals surface area contributed by atoms with Gasteiger partial charge in [0.25, 0.3) is 0 Å². The molecule has 14 heteroatoms. The Labute approximate surface area is 139 Å². The van der Waals surface area contributed by atoms with Crippen LogP contribution in [-0.4, -0.2) is 37.9 Å². The lowest BCUT2D eigenvalue weighted by atomic mass is 10.1. The number of alkyl halides is 9. The van der Waals surface area contributed by atoms with Gasteiger partial charge in [-0.15, -0.1) is 11.8 Å². The van der Waals surface area contributed by atoms with Gasteiger partial charge in [0.15, 0.2) is 0 Å². The van der Waals surface area contributed by atoms with E-state index in [1.54, 1.807) is 6.26 Å². The Morgan fingerprint density at radius 2 is 1.28 bits per heavy atom. The molecule has 0 aliphatic heterocycles. The van der Waals surface area contributed by atoms with E-state index >= 15 is 0 Å². The van der Waals surface area contributed by atoms with Crippen molar-refractivity contribution in [2.45, 2.75) is 28.2 Å². The first-order chi connectivity index (χ1) is 11.0. The van der Waals surface area contributed by atoms with Gasteiger partial charge in [-0.25, -0.2) is 0 Å². The molecule has 0 amide bonds. The molecule has 0 saturated heterocycles. The van der Waals surface area contributed by atoms with Crippen molar-refractivity contribution >= 4 is 21.9 Å². The summed E-state index contributed by atoms with van der Waals surface area (Å²) in [7, 11) is -6.90. The van der Waals surface area contributed by atoms with Crippen molar-refractivity contribution < 1.29 is 52.1 Å². The Kier molecular flexibility index (Phi) is 5.60. The predicted molar refractivity (Wildman–Crippen MR) is 68.7 cm³/mol. The van der Waals surface area contributed by atoms with Crippen molar-refractivity contribution in [2.24, 2.45) is 0 Å². The van der Waals surface area contributed by atoms with E-state index in [0.717, 1.165) is 36.0 Å². The summed E-state index contributed by atoms with van der Waals surface area (Å²) >= 11 is 1.11. The lowest BCUT2D eigenvalue weighted by Gasteiger charge is -2.32. The van der Waals surface area contributed by atoms with Crippen LogP contribution >= 0.6 is 11.8 Å². The van der Waals surface area contributed by atoms with Gasteiger partial charge in [0, 0.05) is 4.90 Å². The number of hydrogen-bond acceptors (Lipinski definition) is 4. The molecule has 0 unspecified atom stereocenters. The molecule has 0 aromatic heterocycles. The van der Waals surface area contributed by atoms with Gasteiger partial charge in [0.05, 0.1) is 0 Å². The summed E-state index contributed by atoms with van der Waals surface area (Å²) in [4.78, 5) is 0.463. The minimum Gasteiger partial charge on any atom is -0.378 e. The molecule has 1 aromatic rings. The molecule has 0 spiro atoms. The van der Waals surface area contributed by atoms with Gasteiger partial charge in [-0.3, -0.25) is 0 Å². The van der Waals surface area contributed by atoms with Crippen molar-refractivity contribution in [2.75, 3.05) is 6.26 Å². The van der Waals surface area contributed by atoms with E-state index in [0.29, 0.717) is 4.90 Å². The Balaban J connectivity index is 3.29. The maximum Gasteiger partial charge on any atom is 0.460 e. The Morgan fingerprint density at radius 3 is 1.64 bits per heavy atom. The molecule has 0 atom stereocenters. The third-order valence-electron chi connectivity index (χ3n) is 2.70. The van der Waals surface area contributed by atoms with E-state index in [2.05, 4.69) is 4.18 Å². The van der Waals surface area contributed by atoms with E-state index in [1.165, 1.54) is 0 Å². The number of rotatable bonds is 6. The van der Waals surface area contributed by atoms with Crippen molar-refractivity contribution in [1.82, 2.24) is 0 Å². The molecule has 0 heterocycles. The maximum atomic E-state index is 13.4. The van der Waals surface area contributed by atoms with Gasteiger partial charge in [0.2, 0.25) is 0 Å². The molecule has 0 saturated carbocycles. The number of hydrogen-bond donors (Lipinski definition) is 0. The van der Waals surface area contributed by atoms with Crippen LogP contribution in [0.2, 0.25) is 0 Å². The number of halogens is 9. The van der Waals surface area contributed by atoms with Crippen LogP contribution in [0.5, 0.6) is 5.75 Å². The first-order valence-corrected chi connectivity index (χ1v) is 8.43. The van der Waals surface area contributed by atoms with Crippen molar-refractivity contribution in [1.29, 1.82) is 0 Å². The second-order valence-corrected chi connectivity index (χ2v) is 6.84. The number of benzene rings is 1. The smallest absolute Gasteiger partial charge is 0.378 e. The second kappa shape index (κ2) is 6.45. The molecular formula is C11H7F9O3S2. The zero-order valence-corrected chi connectivity index (χ0v) is 13.4. The molecule has 1 rings (SSSR count). The first kappa shape index (κ1) is 21.7. The third-order valence-corrected chi connectivity index (χ3v) is 4.74. The van der Waals surface area contributed by atoms with Crippen LogP contribution in [0.1, 0.15) is 0 Å². The fourth-order valence-electron chi connectivity index (χ4n) is 1.33. The molecule has 0 aliphatic rings. The van der Waals surface area contributed by atoms with Gasteiger partial charge >= 0.3 is 33.4 Å². The van der Waals surface area contributed by atoms with Gasteiger partial charge in [-0.2, -0.15) is 47.9 Å². The summed E-state index contributed by atoms with van der Waals surface area (Å²) in [5.74, 6) is -15.6. The van der Waals surface area contributed by atoms with Crippen LogP contribution in [0.4, 0.5) is 39.5 Å². The van der Waals surface area contributed by atoms with Crippen LogP contribution in [0.3, 0.4) is 0 Å². The average molecular weight is 422 g/mol. The Bertz CT molecular complexity index is 711. The van der Waals surface area contributed by atoms with Crippen LogP contribution in [0.25, 0.3) is 0 Å². The van der Waals surface area contributed by atoms with Gasteiger partial charge in [-0.1, -0.05) is 0 Å². The lowest BCUT2D eigenvalue weighted by molar-refractivity contribution is -0.382. The topological polar surface area (TPSA) is 43.4 Å². The van der Waals surface area contributed by atoms with E-state index in [4.69, 9.17) is 0 Å². The van der Waals surface area contributed by atoms with E-state index in [1.807, 2.05) is 0 Å². The highest BCUT2D eigenvalue weighted by Crippen LogP contribution is 2.54. The quantitative estimate of drug-likeness (QED) is 0.384. The molecule has 144 valence electrons. The maximum absolute atomic E-state index is 13.4. The molecule has 1 aromatic carbocycles. The molecule has 0 radical (unpaired) electrons. The molecule has 3 nitrogen and oxygen atoms in total. The van der Waals surface area contributed by atoms with Crippen molar-refractivity contribution in [3.63, 3.8) is 0 Å². The Morgan fingerprint density at radius 1 is 0.840 bits per heavy atom. The van der Waals surface area contributed by atoms with Gasteiger partial charge in [-0.05, 0) is 30.5 Å². The molecule has 0 bridgehead atoms. The normalized spacial score (nSPS) is 14.5. The van der Waals surface area contributed by atoms with Gasteiger partial charge in [0.1, 0.15) is 5.75 Å². The lowest BCUT2D eigenvalue weighted by Crippen LogP contribution is -2.63. The van der Waals surface area contributed by atoms with E-state index in [9.17, 15) is 47.9 Å². The van der Waals surface area contributed by atoms with E-state index < -0.39 is 39.1 Å². The standard InChI is InChI=1S/C11H7F9O3S2/c1-24-7-4-2-6(3-5-7)23-25(21,22)11(19,20)9(14,15)8(12,13)10(16,17)18/h2-5H,1H3. The molecule has 0 N–H and O–H groups in total. The third kappa shape index (κ3) is 3.64. The Hall–Kier alpha value is -1.31. The summed E-state index contributed by atoms with van der Waals surface area (Å²) in [5, 5.41) is -6.88. The molecule has 25 heavy (non-hydrogen) atoms. The van der Waals surface area contributed by atoms with Crippen LogP contribution < -0.4 is 4.18 Å². The number of thioether (sulfide) groups is 1. The highest BCUT2D eigenvalue weighted by molar-refractivity contribution is 7.98. The van der Waals surface area contributed by atoms with Crippen LogP contribution in [0, 0.1) is 0 Å². The zero-order valence-electron chi connectivity index (χ0n) is 11.8. The SMILES string of the molecule is CSc1ccc(OS(=O)(=O)C(F)(F)C(F)(F)C(F)(F)C(F)(F)F)cc1. The highest BCUT2D eigenvalue weighted by Gasteiger charge is 2.86. The highest BCUT2D eigenvalue weighted by atomic mass is 32.2.